The molecule has 4 nitrogen and oxygen atoms in total. The van der Waals surface area contributed by atoms with E-state index in [1.165, 1.54) is 0 Å². The summed E-state index contributed by atoms with van der Waals surface area (Å²) in [4.78, 5) is 4.76. The van der Waals surface area contributed by atoms with Crippen LogP contribution >= 0.6 is 0 Å². The predicted molar refractivity (Wildman–Crippen MR) is 70.1 cm³/mol. The molecule has 1 saturated heterocycles. The topological polar surface area (TPSA) is 24.9 Å². The maximum absolute atomic E-state index is 5.34. The Hall–Kier alpha value is -1.04. The van der Waals surface area contributed by atoms with E-state index < -0.39 is 0 Å². The van der Waals surface area contributed by atoms with Crippen molar-refractivity contribution in [3.63, 3.8) is 0 Å². The fourth-order valence-corrected chi connectivity index (χ4v) is 1.91. The Morgan fingerprint density at radius 1 is 0.611 bits per heavy atom. The third-order valence-corrected chi connectivity index (χ3v) is 3.04. The van der Waals surface area contributed by atoms with E-state index in [0.717, 1.165) is 39.3 Å². The monoisotopic (exact) mass is 248 g/mol. The van der Waals surface area contributed by atoms with E-state index in [0.29, 0.717) is 26.4 Å². The van der Waals surface area contributed by atoms with E-state index in [1.54, 1.807) is 0 Å². The molecule has 2 bridgehead atoms. The van der Waals surface area contributed by atoms with Crippen LogP contribution in [-0.2, 0) is 9.47 Å². The zero-order valence-corrected chi connectivity index (χ0v) is 10.8. The molecule has 3 aliphatic heterocycles. The van der Waals surface area contributed by atoms with Gasteiger partial charge in [0, 0.05) is 26.2 Å². The molecule has 18 heavy (non-hydrogen) atoms. The first-order valence-electron chi connectivity index (χ1n) is 6.47. The van der Waals surface area contributed by atoms with E-state index >= 15 is 0 Å². The average Bonchev–Trinajstić information content (AvgIpc) is 2.40. The minimum Gasteiger partial charge on any atom is -0.366 e. The zero-order valence-electron chi connectivity index (χ0n) is 10.8. The van der Waals surface area contributed by atoms with Crippen LogP contribution in [0, 0.1) is 23.7 Å². The first-order chi connectivity index (χ1) is 8.95. The maximum atomic E-state index is 5.34. The maximum Gasteiger partial charge on any atom is 0.107 e. The van der Waals surface area contributed by atoms with Crippen LogP contribution in [0.3, 0.4) is 0 Å². The molecule has 0 aromatic carbocycles. The standard InChI is InChI=1S/C14H20N2O2/c1-3-11-17-13-14-18-12-4-2-6-16-9-7-15(5-1)8-10-16/h5-14H2. The number of rotatable bonds is 0. The Kier molecular flexibility index (Phi) is 6.05. The molecule has 0 spiro atoms. The first-order valence-corrected chi connectivity index (χ1v) is 6.47. The number of fused-ring (bicyclic) bond motifs is 11. The predicted octanol–water partition coefficient (Wildman–Crippen LogP) is -0.342. The van der Waals surface area contributed by atoms with Crippen LogP contribution in [0.5, 0.6) is 0 Å². The summed E-state index contributed by atoms with van der Waals surface area (Å²) in [7, 11) is 0. The van der Waals surface area contributed by atoms with E-state index in [1.807, 2.05) is 0 Å². The highest BCUT2D eigenvalue weighted by Crippen LogP contribution is 1.99. The smallest absolute Gasteiger partial charge is 0.107 e. The Morgan fingerprint density at radius 2 is 1.06 bits per heavy atom. The van der Waals surface area contributed by atoms with Crippen LogP contribution in [-0.4, -0.2) is 75.5 Å². The highest BCUT2D eigenvalue weighted by molar-refractivity contribution is 5.04. The van der Waals surface area contributed by atoms with Crippen LogP contribution in [0.15, 0.2) is 0 Å². The molecule has 0 unspecified atom stereocenters. The molecule has 98 valence electrons. The van der Waals surface area contributed by atoms with Gasteiger partial charge >= 0.3 is 0 Å². The lowest BCUT2D eigenvalue weighted by atomic mass is 10.3. The van der Waals surface area contributed by atoms with Gasteiger partial charge in [-0.15, -0.1) is 0 Å². The molecular weight excluding hydrogens is 228 g/mol. The quantitative estimate of drug-likeness (QED) is 0.548. The van der Waals surface area contributed by atoms with Crippen molar-refractivity contribution in [2.24, 2.45) is 0 Å². The SMILES string of the molecule is C1#CCN2CCN(CC#CCOCCOC1)CC2. The highest BCUT2D eigenvalue weighted by Gasteiger charge is 2.14. The Bertz CT molecular complexity index is 317. The molecule has 0 atom stereocenters. The molecule has 4 heteroatoms. The largest absolute Gasteiger partial charge is 0.366 e. The van der Waals surface area contributed by atoms with Gasteiger partial charge in [-0.2, -0.15) is 0 Å². The van der Waals surface area contributed by atoms with Gasteiger partial charge in [0.1, 0.15) is 13.2 Å². The molecule has 0 aromatic heterocycles. The molecule has 3 rings (SSSR count). The third-order valence-electron chi connectivity index (χ3n) is 3.04. The van der Waals surface area contributed by atoms with E-state index in [9.17, 15) is 0 Å². The summed E-state index contributed by atoms with van der Waals surface area (Å²) in [5, 5.41) is 0. The van der Waals surface area contributed by atoms with Crippen LogP contribution in [0.25, 0.3) is 0 Å². The van der Waals surface area contributed by atoms with Gasteiger partial charge in [0.15, 0.2) is 0 Å². The lowest BCUT2D eigenvalue weighted by Gasteiger charge is -2.32. The summed E-state index contributed by atoms with van der Waals surface area (Å²) in [6.07, 6.45) is 0. The first kappa shape index (κ1) is 13.4. The third kappa shape index (κ3) is 5.08. The van der Waals surface area contributed by atoms with Crippen molar-refractivity contribution in [2.75, 3.05) is 65.7 Å². The molecule has 3 heterocycles. The number of ether oxygens (including phenoxy) is 2. The lowest BCUT2D eigenvalue weighted by molar-refractivity contribution is 0.0747. The molecule has 1 fully saturated rings. The molecule has 0 amide bonds. The molecular formula is C14H20N2O2. The highest BCUT2D eigenvalue weighted by atomic mass is 16.5. The summed E-state index contributed by atoms with van der Waals surface area (Å²) in [5.74, 6) is 12.4. The summed E-state index contributed by atoms with van der Waals surface area (Å²) >= 11 is 0. The Morgan fingerprint density at radius 3 is 1.50 bits per heavy atom. The van der Waals surface area contributed by atoms with Crippen molar-refractivity contribution >= 4 is 0 Å². The zero-order chi connectivity index (χ0) is 12.5. The summed E-state index contributed by atoms with van der Waals surface area (Å²) in [6, 6.07) is 0. The summed E-state index contributed by atoms with van der Waals surface area (Å²) in [6.45, 7) is 8.17. The molecule has 3 aliphatic rings. The summed E-state index contributed by atoms with van der Waals surface area (Å²) in [5.41, 5.74) is 0. The van der Waals surface area contributed by atoms with Gasteiger partial charge in [-0.25, -0.2) is 0 Å². The lowest BCUT2D eigenvalue weighted by Crippen LogP contribution is -2.46. The van der Waals surface area contributed by atoms with E-state index in [2.05, 4.69) is 33.5 Å². The average molecular weight is 248 g/mol. The Balaban J connectivity index is 1.83. The van der Waals surface area contributed by atoms with E-state index in [-0.39, 0.29) is 0 Å². The second-order valence-corrected chi connectivity index (χ2v) is 4.36. The fraction of sp³-hybridized carbons (Fsp3) is 0.714. The van der Waals surface area contributed by atoms with Gasteiger partial charge in [-0.05, 0) is 0 Å². The second kappa shape index (κ2) is 8.13. The molecule has 0 aromatic rings. The fourth-order valence-electron chi connectivity index (χ4n) is 1.91. The van der Waals surface area contributed by atoms with Crippen molar-refractivity contribution < 1.29 is 9.47 Å². The second-order valence-electron chi connectivity index (χ2n) is 4.36. The number of hydrogen-bond acceptors (Lipinski definition) is 4. The van der Waals surface area contributed by atoms with Crippen molar-refractivity contribution in [1.82, 2.24) is 9.80 Å². The van der Waals surface area contributed by atoms with Crippen LogP contribution in [0.4, 0.5) is 0 Å². The summed E-state index contributed by atoms with van der Waals surface area (Å²) < 4.78 is 10.7. The normalized spacial score (nSPS) is 29.8. The van der Waals surface area contributed by atoms with Crippen LogP contribution in [0.2, 0.25) is 0 Å². The molecule has 0 N–H and O–H groups in total. The minimum atomic E-state index is 0.495. The van der Waals surface area contributed by atoms with Gasteiger partial charge in [0.25, 0.3) is 0 Å². The number of nitrogens with zero attached hydrogens (tertiary/aromatic N) is 2. The van der Waals surface area contributed by atoms with Gasteiger partial charge in [0.2, 0.25) is 0 Å². The van der Waals surface area contributed by atoms with Crippen LogP contribution < -0.4 is 0 Å². The van der Waals surface area contributed by atoms with Gasteiger partial charge < -0.3 is 9.47 Å². The van der Waals surface area contributed by atoms with Gasteiger partial charge in [0.05, 0.1) is 26.3 Å². The number of piperazine rings is 1. The van der Waals surface area contributed by atoms with Crippen molar-refractivity contribution in [3.8, 4) is 23.7 Å². The number of hydrogen-bond donors (Lipinski definition) is 0. The molecule has 0 radical (unpaired) electrons. The van der Waals surface area contributed by atoms with Crippen molar-refractivity contribution in [1.29, 1.82) is 0 Å². The Labute approximate surface area is 109 Å². The molecule has 0 saturated carbocycles. The van der Waals surface area contributed by atoms with Crippen molar-refractivity contribution in [3.05, 3.63) is 0 Å². The minimum absolute atomic E-state index is 0.495. The van der Waals surface area contributed by atoms with Gasteiger partial charge in [-0.3, -0.25) is 9.80 Å². The van der Waals surface area contributed by atoms with Crippen LogP contribution in [0.1, 0.15) is 0 Å². The van der Waals surface area contributed by atoms with E-state index in [4.69, 9.17) is 9.47 Å². The van der Waals surface area contributed by atoms with Gasteiger partial charge in [-0.1, -0.05) is 23.7 Å². The van der Waals surface area contributed by atoms with Crippen molar-refractivity contribution in [2.45, 2.75) is 0 Å². The molecule has 0 aliphatic carbocycles.